The van der Waals surface area contributed by atoms with Gasteiger partial charge in [0.25, 0.3) is 0 Å². The Morgan fingerprint density at radius 1 is 1.26 bits per heavy atom. The fourth-order valence-electron chi connectivity index (χ4n) is 1.90. The number of halogens is 1. The molecule has 0 bridgehead atoms. The van der Waals surface area contributed by atoms with Crippen LogP contribution in [0.5, 0.6) is 0 Å². The highest BCUT2D eigenvalue weighted by molar-refractivity contribution is 5.93. The molecule has 1 aliphatic carbocycles. The summed E-state index contributed by atoms with van der Waals surface area (Å²) in [7, 11) is 0. The van der Waals surface area contributed by atoms with Crippen LogP contribution in [0.3, 0.4) is 0 Å². The van der Waals surface area contributed by atoms with Crippen molar-refractivity contribution in [2.24, 2.45) is 16.7 Å². The number of carbonyl (C=O) groups excluding carboxylic acids is 2. The molecule has 0 aliphatic heterocycles. The predicted molar refractivity (Wildman–Crippen MR) is 72.1 cm³/mol. The largest absolute Gasteiger partial charge is 0.412 e. The van der Waals surface area contributed by atoms with Gasteiger partial charge in [-0.2, -0.15) is 5.10 Å². The fraction of sp³-hybridized carbons (Fsp3) is 0.250. The molecular formula is C12H14ClN3O3. The van der Waals surface area contributed by atoms with Crippen molar-refractivity contribution in [3.05, 3.63) is 35.4 Å². The molecule has 0 atom stereocenters. The molecule has 0 heterocycles. The summed E-state index contributed by atoms with van der Waals surface area (Å²) in [5.41, 5.74) is 5.77. The van der Waals surface area contributed by atoms with E-state index in [0.29, 0.717) is 12.8 Å². The van der Waals surface area contributed by atoms with Gasteiger partial charge < -0.3 is 16.3 Å². The number of hydrogen-bond acceptors (Lipinski definition) is 5. The Bertz CT molecular complexity index is 509. The second-order valence-corrected chi connectivity index (χ2v) is 4.19. The maximum absolute atomic E-state index is 11.8. The second-order valence-electron chi connectivity index (χ2n) is 4.19. The molecule has 0 spiro atoms. The molecule has 1 aliphatic rings. The highest BCUT2D eigenvalue weighted by Crippen LogP contribution is 2.49. The molecule has 1 aromatic rings. The molecule has 102 valence electrons. The van der Waals surface area contributed by atoms with Gasteiger partial charge in [-0.1, -0.05) is 24.3 Å². The standard InChI is InChI=1S/C12H13N3O3.ClH/c13-11(17)18-10(16)12(5-6-12)9-3-1-8(2-4-9)7-15-14;/h1-4,7H,5-6,14H2,(H2,13,17);1H. The first-order valence-electron chi connectivity index (χ1n) is 5.44. The highest BCUT2D eigenvalue weighted by atomic mass is 35.5. The molecule has 7 heteroatoms. The molecule has 0 saturated heterocycles. The zero-order valence-corrected chi connectivity index (χ0v) is 10.9. The van der Waals surface area contributed by atoms with E-state index in [-0.39, 0.29) is 12.4 Å². The normalized spacial score (nSPS) is 15.6. The highest BCUT2D eigenvalue weighted by Gasteiger charge is 2.53. The van der Waals surface area contributed by atoms with E-state index in [1.165, 1.54) is 6.21 Å². The quantitative estimate of drug-likeness (QED) is 0.284. The summed E-state index contributed by atoms with van der Waals surface area (Å²) in [5, 5.41) is 3.41. The van der Waals surface area contributed by atoms with Crippen LogP contribution in [0.15, 0.2) is 29.4 Å². The number of rotatable bonds is 3. The van der Waals surface area contributed by atoms with Crippen LogP contribution in [0.1, 0.15) is 24.0 Å². The molecule has 0 aromatic heterocycles. The lowest BCUT2D eigenvalue weighted by Gasteiger charge is -2.12. The average molecular weight is 284 g/mol. The van der Waals surface area contributed by atoms with E-state index in [2.05, 4.69) is 9.84 Å². The van der Waals surface area contributed by atoms with Crippen LogP contribution in [0, 0.1) is 0 Å². The van der Waals surface area contributed by atoms with E-state index < -0.39 is 17.5 Å². The van der Waals surface area contributed by atoms with Crippen LogP contribution in [0.25, 0.3) is 0 Å². The number of benzene rings is 1. The first-order valence-corrected chi connectivity index (χ1v) is 5.44. The van der Waals surface area contributed by atoms with Gasteiger partial charge in [-0.05, 0) is 24.0 Å². The molecule has 6 nitrogen and oxygen atoms in total. The number of nitrogens with two attached hydrogens (primary N) is 2. The van der Waals surface area contributed by atoms with E-state index in [0.717, 1.165) is 11.1 Å². The van der Waals surface area contributed by atoms with Crippen molar-refractivity contribution in [1.82, 2.24) is 0 Å². The summed E-state index contributed by atoms with van der Waals surface area (Å²) < 4.78 is 4.46. The van der Waals surface area contributed by atoms with Crippen molar-refractivity contribution in [2.45, 2.75) is 18.3 Å². The molecule has 0 unspecified atom stereocenters. The Kier molecular flexibility index (Phi) is 4.50. The zero-order valence-electron chi connectivity index (χ0n) is 10.0. The Morgan fingerprint density at radius 2 is 1.84 bits per heavy atom. The SMILES string of the molecule is Cl.NN=Cc1ccc(C2(C(=O)OC(N)=O)CC2)cc1. The van der Waals surface area contributed by atoms with Gasteiger partial charge in [0.1, 0.15) is 0 Å². The molecule has 4 N–H and O–H groups in total. The molecule has 2 rings (SSSR count). The lowest BCUT2D eigenvalue weighted by atomic mass is 9.95. The number of amides is 1. The third-order valence-electron chi connectivity index (χ3n) is 3.02. The van der Waals surface area contributed by atoms with Crippen LogP contribution in [0.4, 0.5) is 4.79 Å². The van der Waals surface area contributed by atoms with Gasteiger partial charge in [0.2, 0.25) is 0 Å². The summed E-state index contributed by atoms with van der Waals surface area (Å²) in [5.74, 6) is 4.46. The summed E-state index contributed by atoms with van der Waals surface area (Å²) in [4.78, 5) is 22.4. The number of ether oxygens (including phenoxy) is 1. The molecule has 1 amide bonds. The molecule has 19 heavy (non-hydrogen) atoms. The fourth-order valence-corrected chi connectivity index (χ4v) is 1.90. The topological polar surface area (TPSA) is 108 Å². The lowest BCUT2D eigenvalue weighted by molar-refractivity contribution is -0.140. The number of primary amides is 1. The minimum Gasteiger partial charge on any atom is -0.376 e. The van der Waals surface area contributed by atoms with Gasteiger partial charge in [0.15, 0.2) is 0 Å². The number of carbonyl (C=O) groups is 2. The zero-order chi connectivity index (χ0) is 13.2. The maximum atomic E-state index is 11.8. The van der Waals surface area contributed by atoms with Crippen LogP contribution < -0.4 is 11.6 Å². The van der Waals surface area contributed by atoms with Gasteiger partial charge in [0, 0.05) is 0 Å². The minimum atomic E-state index is -1.07. The Morgan fingerprint density at radius 3 is 2.26 bits per heavy atom. The average Bonchev–Trinajstić information content (AvgIpc) is 3.11. The van der Waals surface area contributed by atoms with Gasteiger partial charge >= 0.3 is 12.1 Å². The Labute approximate surface area is 116 Å². The van der Waals surface area contributed by atoms with Crippen molar-refractivity contribution in [2.75, 3.05) is 0 Å². The third kappa shape index (κ3) is 3.03. The summed E-state index contributed by atoms with van der Waals surface area (Å²) in [6, 6.07) is 7.19. The van der Waals surface area contributed by atoms with E-state index in [9.17, 15) is 9.59 Å². The molecule has 0 radical (unpaired) electrons. The van der Waals surface area contributed by atoms with Crippen molar-refractivity contribution >= 4 is 30.7 Å². The van der Waals surface area contributed by atoms with E-state index in [1.54, 1.807) is 24.3 Å². The van der Waals surface area contributed by atoms with Crippen molar-refractivity contribution in [1.29, 1.82) is 0 Å². The Balaban J connectivity index is 0.00000180. The van der Waals surface area contributed by atoms with Gasteiger partial charge in [-0.3, -0.25) is 4.79 Å². The number of nitrogens with zero attached hydrogens (tertiary/aromatic N) is 1. The maximum Gasteiger partial charge on any atom is 0.412 e. The monoisotopic (exact) mass is 283 g/mol. The second kappa shape index (κ2) is 5.71. The Hall–Kier alpha value is -2.08. The molecule has 1 aromatic carbocycles. The van der Waals surface area contributed by atoms with Crippen LogP contribution in [-0.4, -0.2) is 18.3 Å². The van der Waals surface area contributed by atoms with Gasteiger partial charge in [-0.25, -0.2) is 4.79 Å². The molecule has 1 saturated carbocycles. The number of esters is 1. The number of hydrazone groups is 1. The first kappa shape index (κ1) is 15.0. The van der Waals surface area contributed by atoms with E-state index >= 15 is 0 Å². The summed E-state index contributed by atoms with van der Waals surface area (Å²) in [6.45, 7) is 0. The van der Waals surface area contributed by atoms with Crippen molar-refractivity contribution < 1.29 is 14.3 Å². The summed E-state index contributed by atoms with van der Waals surface area (Å²) >= 11 is 0. The van der Waals surface area contributed by atoms with Gasteiger partial charge in [-0.15, -0.1) is 12.4 Å². The van der Waals surface area contributed by atoms with Crippen molar-refractivity contribution in [3.8, 4) is 0 Å². The third-order valence-corrected chi connectivity index (χ3v) is 3.02. The number of hydrogen-bond donors (Lipinski definition) is 2. The minimum absolute atomic E-state index is 0. The van der Waals surface area contributed by atoms with E-state index in [4.69, 9.17) is 11.6 Å². The van der Waals surface area contributed by atoms with Crippen molar-refractivity contribution in [3.63, 3.8) is 0 Å². The van der Waals surface area contributed by atoms with Crippen LogP contribution in [-0.2, 0) is 14.9 Å². The smallest absolute Gasteiger partial charge is 0.376 e. The first-order chi connectivity index (χ1) is 8.58. The molecular weight excluding hydrogens is 270 g/mol. The van der Waals surface area contributed by atoms with E-state index in [1.807, 2.05) is 0 Å². The van der Waals surface area contributed by atoms with Crippen LogP contribution >= 0.6 is 12.4 Å². The predicted octanol–water partition coefficient (Wildman–Crippen LogP) is 1.05. The summed E-state index contributed by atoms with van der Waals surface area (Å²) in [6.07, 6.45) is 1.75. The van der Waals surface area contributed by atoms with Crippen LogP contribution in [0.2, 0.25) is 0 Å². The molecule has 1 fully saturated rings. The van der Waals surface area contributed by atoms with Gasteiger partial charge in [0.05, 0.1) is 11.6 Å². The lowest BCUT2D eigenvalue weighted by Crippen LogP contribution is -2.28.